The summed E-state index contributed by atoms with van der Waals surface area (Å²) in [4.78, 5) is 0. The van der Waals surface area contributed by atoms with Gasteiger partial charge in [0.2, 0.25) is 0 Å². The fourth-order valence-electron chi connectivity index (χ4n) is 20.9. The van der Waals surface area contributed by atoms with Crippen LogP contribution in [0.1, 0.15) is 137 Å². The number of alkyl halides is 6. The first kappa shape index (κ1) is 79.4. The first-order chi connectivity index (χ1) is 59.3. The van der Waals surface area contributed by atoms with Gasteiger partial charge in [-0.05, 0) is 185 Å². The Labute approximate surface area is 711 Å². The molecule has 0 bridgehead atoms. The Balaban J connectivity index is 0.000000105. The molecule has 0 heterocycles. The van der Waals surface area contributed by atoms with Gasteiger partial charge in [0.1, 0.15) is 0 Å². The van der Waals surface area contributed by atoms with Crippen LogP contribution in [0.4, 0.5) is 26.3 Å². The summed E-state index contributed by atoms with van der Waals surface area (Å²) >= 11 is 0. The van der Waals surface area contributed by atoms with Crippen LogP contribution in [0.15, 0.2) is 431 Å². The number of hydrogen-bond acceptors (Lipinski definition) is 0. The number of aryl methyl sites for hydroxylation is 4. The molecule has 0 aromatic heterocycles. The molecule has 17 aromatic rings. The normalized spacial score (nSPS) is 14.4. The topological polar surface area (TPSA) is 0 Å². The minimum atomic E-state index is -4.71. The number of benzene rings is 17. The molecule has 0 unspecified atom stereocenters. The van der Waals surface area contributed by atoms with Gasteiger partial charge in [-0.15, -0.1) is 0 Å². The monoisotopic (exact) mass is 1600 g/mol. The van der Waals surface area contributed by atoms with E-state index in [0.717, 1.165) is 0 Å². The molecule has 5 aliphatic carbocycles. The van der Waals surface area contributed by atoms with Crippen molar-refractivity contribution in [2.75, 3.05) is 0 Å². The van der Waals surface area contributed by atoms with Gasteiger partial charge in [0, 0.05) is 10.8 Å². The minimum Gasteiger partial charge on any atom is -0.171 e. The summed E-state index contributed by atoms with van der Waals surface area (Å²) in [7, 11) is 0. The molecule has 0 nitrogen and oxygen atoms in total. The summed E-state index contributed by atoms with van der Waals surface area (Å²) in [5, 5.41) is 0. The largest absolute Gasteiger partial charge is 0.390 e. The Bertz CT molecular complexity index is 6290. The third kappa shape index (κ3) is 13.6. The van der Waals surface area contributed by atoms with Crippen molar-refractivity contribution in [2.45, 2.75) is 86.9 Å². The molecule has 0 spiro atoms. The molecule has 0 fully saturated rings. The van der Waals surface area contributed by atoms with Gasteiger partial charge in [-0.1, -0.05) is 453 Å². The van der Waals surface area contributed by atoms with Crippen molar-refractivity contribution in [1.29, 1.82) is 0 Å². The molecule has 0 saturated heterocycles. The van der Waals surface area contributed by atoms with Crippen LogP contribution in [0.2, 0.25) is 0 Å². The molecule has 6 heteroatoms. The van der Waals surface area contributed by atoms with Crippen molar-refractivity contribution in [3.05, 3.63) is 548 Å². The van der Waals surface area contributed by atoms with Crippen molar-refractivity contribution in [2.24, 2.45) is 0 Å². The second kappa shape index (κ2) is 32.1. The van der Waals surface area contributed by atoms with E-state index in [1.54, 1.807) is 24.3 Å². The lowest BCUT2D eigenvalue weighted by Crippen LogP contribution is -2.36. The fourth-order valence-corrected chi connectivity index (χ4v) is 20.9. The van der Waals surface area contributed by atoms with Gasteiger partial charge < -0.3 is 0 Å². The summed E-state index contributed by atoms with van der Waals surface area (Å²) < 4.78 is 78.9. The van der Waals surface area contributed by atoms with Gasteiger partial charge in [-0.2, -0.15) is 26.3 Å². The third-order valence-corrected chi connectivity index (χ3v) is 25.9. The molecule has 5 aliphatic rings. The van der Waals surface area contributed by atoms with E-state index in [4.69, 9.17) is 0 Å². The van der Waals surface area contributed by atoms with Gasteiger partial charge in [-0.25, -0.2) is 0 Å². The molecule has 596 valence electrons. The predicted molar refractivity (Wildman–Crippen MR) is 488 cm³/mol. The zero-order valence-electron chi connectivity index (χ0n) is 68.7. The molecule has 0 radical (unpaired) electrons. The zero-order chi connectivity index (χ0) is 84.0. The highest BCUT2D eigenvalue weighted by Crippen LogP contribution is 2.62. The molecule has 0 N–H and O–H groups in total. The van der Waals surface area contributed by atoms with Crippen LogP contribution >= 0.6 is 0 Å². The van der Waals surface area contributed by atoms with E-state index in [1.807, 2.05) is 0 Å². The standard InChI is InChI=1S/2C27H22.C25H18.C20H16.C17H12F6/c1-19-9-7-11-21(17-19)27(22-12-8-10-20(2)18-22)25-15-5-3-13-23(25)24-14-4-6-16-26(24)27;1-19-11-15-21(16-12-19)27(22-17-13-20(2)14-18-22)25-9-5-3-7-23(25)24-8-4-6-10-26(24)27;1-3-11-19(12-4-1)25(20-13-5-2-6-14-20)23-17-9-7-15-21(23)22-16-8-10-18-24(22)25;1-20(15-9-3-2-4-10-15)18-13-7-5-11-16(18)17-12-6-8-14-19(17)20;18-16(19,20)9-15(10-17(21,22)23)13-7-3-1-5-11(13)12-6-2-4-8-14(12)15/h2*3-18H,1-2H3;1-18H;2-14H,1H3;1-8H,9-10H2. The number of halogens is 6. The van der Waals surface area contributed by atoms with Crippen LogP contribution < -0.4 is 0 Å². The van der Waals surface area contributed by atoms with E-state index < -0.39 is 30.6 Å². The smallest absolute Gasteiger partial charge is 0.171 e. The van der Waals surface area contributed by atoms with Gasteiger partial charge in [-0.3, -0.25) is 0 Å². The first-order valence-electron chi connectivity index (χ1n) is 41.8. The van der Waals surface area contributed by atoms with Crippen molar-refractivity contribution in [3.63, 3.8) is 0 Å². The number of fused-ring (bicyclic) bond motifs is 15. The Morgan fingerprint density at radius 2 is 0.377 bits per heavy atom. The fraction of sp³-hybridized carbons (Fsp3) is 0.121. The van der Waals surface area contributed by atoms with Crippen LogP contribution in [0.5, 0.6) is 0 Å². The Hall–Kier alpha value is -13.7. The highest BCUT2D eigenvalue weighted by molar-refractivity contribution is 5.90. The van der Waals surface area contributed by atoms with E-state index in [9.17, 15) is 26.3 Å². The molecule has 17 aromatic carbocycles. The van der Waals surface area contributed by atoms with E-state index >= 15 is 0 Å². The maximum absolute atomic E-state index is 13.1. The van der Waals surface area contributed by atoms with Gasteiger partial charge in [0.25, 0.3) is 0 Å². The summed E-state index contributed by atoms with van der Waals surface area (Å²) in [6.45, 7) is 11.0. The van der Waals surface area contributed by atoms with Crippen LogP contribution in [-0.2, 0) is 27.1 Å². The van der Waals surface area contributed by atoms with Gasteiger partial charge in [0.05, 0.1) is 29.1 Å². The summed E-state index contributed by atoms with van der Waals surface area (Å²) in [6.07, 6.45) is -12.5. The highest BCUT2D eigenvalue weighted by atomic mass is 19.4. The van der Waals surface area contributed by atoms with Crippen molar-refractivity contribution >= 4 is 0 Å². The molecule has 0 atom stereocenters. The maximum Gasteiger partial charge on any atom is 0.390 e. The van der Waals surface area contributed by atoms with Gasteiger partial charge >= 0.3 is 12.4 Å². The van der Waals surface area contributed by atoms with Crippen molar-refractivity contribution in [3.8, 4) is 55.6 Å². The summed E-state index contributed by atoms with van der Waals surface area (Å²) in [6, 6.07) is 152. The van der Waals surface area contributed by atoms with E-state index in [0.29, 0.717) is 11.1 Å². The lowest BCUT2D eigenvalue weighted by Gasteiger charge is -2.34. The molecular weight excluding hydrogens is 1510 g/mol. The van der Waals surface area contributed by atoms with Gasteiger partial charge in [0.15, 0.2) is 0 Å². The van der Waals surface area contributed by atoms with Crippen LogP contribution in [0, 0.1) is 27.7 Å². The molecule has 0 aliphatic heterocycles. The minimum absolute atomic E-state index is 0.0472. The maximum atomic E-state index is 13.1. The predicted octanol–water partition coefficient (Wildman–Crippen LogP) is 30.3. The average molecular weight is 1600 g/mol. The number of rotatable bonds is 9. The summed E-state index contributed by atoms with van der Waals surface area (Å²) in [5.41, 5.74) is 34.4. The first-order valence-corrected chi connectivity index (χ1v) is 41.8. The lowest BCUT2D eigenvalue weighted by atomic mass is 9.67. The second-order valence-corrected chi connectivity index (χ2v) is 33.1. The quantitative estimate of drug-likeness (QED) is 0.126. The molecule has 0 saturated carbocycles. The molecule has 0 amide bonds. The Morgan fingerprint density at radius 1 is 0.180 bits per heavy atom. The van der Waals surface area contributed by atoms with Crippen LogP contribution in [0.3, 0.4) is 0 Å². The van der Waals surface area contributed by atoms with E-state index in [-0.39, 0.29) is 32.8 Å². The molecule has 122 heavy (non-hydrogen) atoms. The number of hydrogen-bond donors (Lipinski definition) is 0. The van der Waals surface area contributed by atoms with Crippen molar-refractivity contribution < 1.29 is 26.3 Å². The van der Waals surface area contributed by atoms with E-state index in [1.165, 1.54) is 174 Å². The zero-order valence-corrected chi connectivity index (χ0v) is 68.7. The van der Waals surface area contributed by atoms with Crippen molar-refractivity contribution in [1.82, 2.24) is 0 Å². The SMILES string of the molecule is CC1(c2ccccc2)c2ccccc2-c2ccccc21.Cc1ccc(C2(c3ccc(C)cc3)c3ccccc3-c3ccccc32)cc1.Cc1cccc(C2(c3cccc(C)c3)c3ccccc3-c3ccccc32)c1.FC(F)(F)CC1(CC(F)(F)F)c2ccccc2-c2ccccc21.c1ccc(C2(c3ccccc3)c3ccccc3-c3ccccc32)cc1. The van der Waals surface area contributed by atoms with Crippen LogP contribution in [0.25, 0.3) is 55.6 Å². The van der Waals surface area contributed by atoms with Crippen LogP contribution in [-0.4, -0.2) is 12.4 Å². The third-order valence-electron chi connectivity index (χ3n) is 25.9. The lowest BCUT2D eigenvalue weighted by molar-refractivity contribution is -0.173. The molecular formula is C116H90F6. The Kier molecular flexibility index (Phi) is 20.9. The second-order valence-electron chi connectivity index (χ2n) is 33.1. The van der Waals surface area contributed by atoms with E-state index in [2.05, 4.69) is 417 Å². The summed E-state index contributed by atoms with van der Waals surface area (Å²) in [5.74, 6) is 0. The average Bonchev–Trinajstić information content (AvgIpc) is 1.56. The Morgan fingerprint density at radius 3 is 0.639 bits per heavy atom. The molecule has 22 rings (SSSR count). The highest BCUT2D eigenvalue weighted by Gasteiger charge is 2.56.